The van der Waals surface area contributed by atoms with E-state index in [1.165, 1.54) is 6.26 Å². The van der Waals surface area contributed by atoms with Crippen molar-refractivity contribution in [3.8, 4) is 11.7 Å². The van der Waals surface area contributed by atoms with Crippen LogP contribution >= 0.6 is 11.8 Å². The van der Waals surface area contributed by atoms with Gasteiger partial charge in [0.1, 0.15) is 0 Å². The first kappa shape index (κ1) is 14.4. The monoisotopic (exact) mass is 315 g/mol. The average Bonchev–Trinajstić information content (AvgIpc) is 3.19. The quantitative estimate of drug-likeness (QED) is 0.702. The molecule has 0 aliphatic carbocycles. The van der Waals surface area contributed by atoms with Crippen molar-refractivity contribution < 1.29 is 13.6 Å². The van der Waals surface area contributed by atoms with E-state index in [2.05, 4.69) is 15.5 Å². The summed E-state index contributed by atoms with van der Waals surface area (Å²) < 4.78 is 10.4. The number of rotatable bonds is 6. The minimum absolute atomic E-state index is 0.0705. The highest BCUT2D eigenvalue weighted by Gasteiger charge is 2.12. The fraction of sp³-hybridized carbons (Fsp3) is 0.133. The smallest absolute Gasteiger partial charge is 0.322 e. The number of hydrogen-bond acceptors (Lipinski definition) is 6. The number of carbonyl (C=O) groups excluding carboxylic acids is 1. The summed E-state index contributed by atoms with van der Waals surface area (Å²) in [5.41, 5.74) is 0. The van der Waals surface area contributed by atoms with Crippen LogP contribution in [0.25, 0.3) is 11.7 Å². The third-order valence-electron chi connectivity index (χ3n) is 2.74. The second-order valence-corrected chi connectivity index (χ2v) is 5.52. The molecule has 3 aromatic rings. The van der Waals surface area contributed by atoms with Gasteiger partial charge in [0.05, 0.1) is 6.26 Å². The number of benzene rings is 1. The number of nitrogens with one attached hydrogen (secondary N) is 1. The third-order valence-corrected chi connectivity index (χ3v) is 3.76. The SMILES string of the molecule is O=C(CCSc1ccccc1)Nc1nnc(-c2ccco2)o1. The standard InChI is InChI=1S/C15H13N3O3S/c19-13(8-10-22-11-5-2-1-3-6-11)16-15-18-17-14(21-15)12-7-4-9-20-12/h1-7,9H,8,10H2,(H,16,18,19). The summed E-state index contributed by atoms with van der Waals surface area (Å²) >= 11 is 1.62. The summed E-state index contributed by atoms with van der Waals surface area (Å²) in [6, 6.07) is 13.4. The second kappa shape index (κ2) is 6.95. The van der Waals surface area contributed by atoms with Crippen LogP contribution in [-0.2, 0) is 4.79 Å². The molecule has 22 heavy (non-hydrogen) atoms. The molecule has 0 aliphatic rings. The molecule has 0 spiro atoms. The van der Waals surface area contributed by atoms with Gasteiger partial charge in [-0.05, 0) is 24.3 Å². The highest BCUT2D eigenvalue weighted by atomic mass is 32.2. The van der Waals surface area contributed by atoms with Crippen LogP contribution in [0.5, 0.6) is 0 Å². The lowest BCUT2D eigenvalue weighted by Crippen LogP contribution is -2.12. The summed E-state index contributed by atoms with van der Waals surface area (Å²) in [5.74, 6) is 1.21. The Morgan fingerprint density at radius 3 is 2.77 bits per heavy atom. The molecule has 1 aromatic carbocycles. The van der Waals surface area contributed by atoms with E-state index in [1.807, 2.05) is 30.3 Å². The number of aromatic nitrogens is 2. The van der Waals surface area contributed by atoms with Gasteiger partial charge in [0, 0.05) is 17.1 Å². The molecule has 7 heteroatoms. The number of anilines is 1. The van der Waals surface area contributed by atoms with E-state index in [4.69, 9.17) is 8.83 Å². The van der Waals surface area contributed by atoms with Crippen molar-refractivity contribution in [1.82, 2.24) is 10.2 Å². The van der Waals surface area contributed by atoms with Gasteiger partial charge >= 0.3 is 6.01 Å². The lowest BCUT2D eigenvalue weighted by atomic mass is 10.4. The summed E-state index contributed by atoms with van der Waals surface area (Å²) in [7, 11) is 0. The van der Waals surface area contributed by atoms with Crippen LogP contribution in [-0.4, -0.2) is 21.9 Å². The van der Waals surface area contributed by atoms with E-state index < -0.39 is 0 Å². The van der Waals surface area contributed by atoms with Gasteiger partial charge in [-0.3, -0.25) is 10.1 Å². The van der Waals surface area contributed by atoms with Crippen molar-refractivity contribution in [2.45, 2.75) is 11.3 Å². The molecule has 0 unspecified atom stereocenters. The van der Waals surface area contributed by atoms with Gasteiger partial charge in [-0.25, -0.2) is 0 Å². The van der Waals surface area contributed by atoms with Gasteiger partial charge < -0.3 is 8.83 Å². The third kappa shape index (κ3) is 3.76. The molecular formula is C15H13N3O3S. The maximum atomic E-state index is 11.8. The summed E-state index contributed by atoms with van der Waals surface area (Å²) in [6.45, 7) is 0. The number of furan rings is 1. The Labute approximate surface area is 130 Å². The van der Waals surface area contributed by atoms with Crippen LogP contribution < -0.4 is 5.32 Å². The molecule has 0 radical (unpaired) electrons. The molecule has 2 aromatic heterocycles. The predicted octanol–water partition coefficient (Wildman–Crippen LogP) is 3.45. The van der Waals surface area contributed by atoms with Crippen LogP contribution in [0.4, 0.5) is 6.01 Å². The number of carbonyl (C=O) groups is 1. The van der Waals surface area contributed by atoms with Crippen molar-refractivity contribution in [2.24, 2.45) is 0 Å². The lowest BCUT2D eigenvalue weighted by Gasteiger charge is -2.01. The Morgan fingerprint density at radius 2 is 2.00 bits per heavy atom. The zero-order valence-corrected chi connectivity index (χ0v) is 12.4. The van der Waals surface area contributed by atoms with Crippen LogP contribution in [0.1, 0.15) is 6.42 Å². The Morgan fingerprint density at radius 1 is 1.14 bits per heavy atom. The molecule has 0 bridgehead atoms. The zero-order chi connectivity index (χ0) is 15.2. The molecule has 0 atom stereocenters. The molecular weight excluding hydrogens is 302 g/mol. The lowest BCUT2D eigenvalue weighted by molar-refractivity contribution is -0.115. The molecule has 0 saturated heterocycles. The van der Waals surface area contributed by atoms with E-state index in [9.17, 15) is 4.79 Å². The van der Waals surface area contributed by atoms with Crippen LogP contribution in [0, 0.1) is 0 Å². The van der Waals surface area contributed by atoms with E-state index >= 15 is 0 Å². The molecule has 1 amide bonds. The highest BCUT2D eigenvalue weighted by Crippen LogP contribution is 2.21. The van der Waals surface area contributed by atoms with Gasteiger partial charge in [-0.15, -0.1) is 16.9 Å². The molecule has 6 nitrogen and oxygen atoms in total. The normalized spacial score (nSPS) is 10.5. The zero-order valence-electron chi connectivity index (χ0n) is 11.6. The topological polar surface area (TPSA) is 81.2 Å². The highest BCUT2D eigenvalue weighted by molar-refractivity contribution is 7.99. The second-order valence-electron chi connectivity index (χ2n) is 4.35. The number of amides is 1. The van der Waals surface area contributed by atoms with Gasteiger partial charge in [-0.2, -0.15) is 0 Å². The number of nitrogens with zero attached hydrogens (tertiary/aromatic N) is 2. The van der Waals surface area contributed by atoms with Crippen LogP contribution in [0.3, 0.4) is 0 Å². The Kier molecular flexibility index (Phi) is 4.55. The Hall–Kier alpha value is -2.54. The largest absolute Gasteiger partial charge is 0.459 e. The van der Waals surface area contributed by atoms with Crippen molar-refractivity contribution in [3.05, 3.63) is 48.7 Å². The van der Waals surface area contributed by atoms with Crippen LogP contribution in [0.15, 0.2) is 62.5 Å². The molecule has 0 saturated carbocycles. The molecule has 112 valence electrons. The van der Waals surface area contributed by atoms with Gasteiger partial charge in [0.25, 0.3) is 5.89 Å². The maximum Gasteiger partial charge on any atom is 0.322 e. The van der Waals surface area contributed by atoms with Gasteiger partial charge in [-0.1, -0.05) is 23.3 Å². The van der Waals surface area contributed by atoms with E-state index in [1.54, 1.807) is 23.9 Å². The van der Waals surface area contributed by atoms with Crippen molar-refractivity contribution in [1.29, 1.82) is 0 Å². The van der Waals surface area contributed by atoms with Gasteiger partial charge in [0.15, 0.2) is 5.76 Å². The minimum Gasteiger partial charge on any atom is -0.459 e. The predicted molar refractivity (Wildman–Crippen MR) is 82.4 cm³/mol. The Bertz CT molecular complexity index is 726. The number of hydrogen-bond donors (Lipinski definition) is 1. The minimum atomic E-state index is -0.168. The van der Waals surface area contributed by atoms with E-state index in [0.717, 1.165) is 4.90 Å². The van der Waals surface area contributed by atoms with Crippen LogP contribution in [0.2, 0.25) is 0 Å². The summed E-state index contributed by atoms with van der Waals surface area (Å²) in [6.07, 6.45) is 1.87. The van der Waals surface area contributed by atoms with Crippen molar-refractivity contribution in [2.75, 3.05) is 11.1 Å². The first-order chi connectivity index (χ1) is 10.8. The maximum absolute atomic E-state index is 11.8. The molecule has 3 rings (SSSR count). The number of thioether (sulfide) groups is 1. The van der Waals surface area contributed by atoms with Gasteiger partial charge in [0.2, 0.25) is 5.91 Å². The molecule has 1 N–H and O–H groups in total. The first-order valence-corrected chi connectivity index (χ1v) is 7.65. The molecule has 0 aliphatic heterocycles. The first-order valence-electron chi connectivity index (χ1n) is 6.66. The van der Waals surface area contributed by atoms with Crippen molar-refractivity contribution in [3.63, 3.8) is 0 Å². The van der Waals surface area contributed by atoms with E-state index in [-0.39, 0.29) is 17.8 Å². The summed E-state index contributed by atoms with van der Waals surface area (Å²) in [5, 5.41) is 10.1. The van der Waals surface area contributed by atoms with E-state index in [0.29, 0.717) is 17.9 Å². The Balaban J connectivity index is 1.48. The van der Waals surface area contributed by atoms with Crippen molar-refractivity contribution >= 4 is 23.7 Å². The fourth-order valence-electron chi connectivity index (χ4n) is 1.73. The summed E-state index contributed by atoms with van der Waals surface area (Å²) in [4.78, 5) is 13.0. The average molecular weight is 315 g/mol. The molecule has 0 fully saturated rings. The molecule has 2 heterocycles. The fourth-order valence-corrected chi connectivity index (χ4v) is 2.61.